The average molecular weight is 458 g/mol. The number of cyclic esters (lactones) is 1. The maximum Gasteiger partial charge on any atom is 0.408 e. The number of esters is 1. The van der Waals surface area contributed by atoms with Crippen LogP contribution < -0.4 is 0 Å². The minimum atomic E-state index is -1.13. The lowest BCUT2D eigenvalue weighted by Gasteiger charge is -2.44. The zero-order valence-electron chi connectivity index (χ0n) is 19.6. The van der Waals surface area contributed by atoms with Gasteiger partial charge in [-0.3, -0.25) is 4.90 Å². The van der Waals surface area contributed by atoms with E-state index in [1.807, 2.05) is 72.8 Å². The van der Waals surface area contributed by atoms with Crippen molar-refractivity contribution in [2.75, 3.05) is 0 Å². The third-order valence-electron chi connectivity index (χ3n) is 6.76. The Morgan fingerprint density at radius 1 is 0.912 bits per heavy atom. The van der Waals surface area contributed by atoms with E-state index in [-0.39, 0.29) is 6.42 Å². The number of hydrogen-bond donors (Lipinski definition) is 1. The highest BCUT2D eigenvalue weighted by molar-refractivity contribution is 5.83. The number of carbonyl (C=O) groups excluding carboxylic acids is 1. The Kier molecular flexibility index (Phi) is 7.31. The molecule has 3 atom stereocenters. The van der Waals surface area contributed by atoms with Crippen LogP contribution in [0.15, 0.2) is 84.9 Å². The average Bonchev–Trinajstić information content (AvgIpc) is 2.87. The lowest BCUT2D eigenvalue weighted by atomic mass is 9.88. The van der Waals surface area contributed by atoms with Gasteiger partial charge in [0.2, 0.25) is 0 Å². The molecule has 1 aliphatic rings. The highest BCUT2D eigenvalue weighted by atomic mass is 16.6. The smallest absolute Gasteiger partial charge is 0.408 e. The fourth-order valence-electron chi connectivity index (χ4n) is 4.99. The molecule has 0 aromatic heterocycles. The fraction of sp³-hybridized carbons (Fsp3) is 0.310. The Balaban J connectivity index is 1.74. The number of ether oxygens (including phenoxy) is 1. The largest absolute Gasteiger partial charge is 0.465 e. The molecule has 0 unspecified atom stereocenters. The maximum absolute atomic E-state index is 13.3. The number of carbonyl (C=O) groups is 2. The summed E-state index contributed by atoms with van der Waals surface area (Å²) in [5, 5.41) is 10.3. The molecule has 3 aromatic rings. The standard InChI is InChI=1S/C29H31NO4/c1-3-21(4-2)24-17-11-12-20(18-24)19-25-28(31)34-27(23-15-9-6-10-16-23)26(30(25)29(32)33)22-13-7-5-8-14-22/h5-18,21,25-27H,3-4,19H2,1-2H3,(H,32,33)/t25-,26-,27+/m0/s1. The van der Waals surface area contributed by atoms with Gasteiger partial charge >= 0.3 is 12.1 Å². The molecule has 1 aliphatic heterocycles. The van der Waals surface area contributed by atoms with E-state index >= 15 is 0 Å². The molecule has 0 bridgehead atoms. The number of benzene rings is 3. The van der Waals surface area contributed by atoms with E-state index in [4.69, 9.17) is 4.74 Å². The third-order valence-corrected chi connectivity index (χ3v) is 6.76. The summed E-state index contributed by atoms with van der Waals surface area (Å²) in [7, 11) is 0. The Hall–Kier alpha value is -3.60. The normalized spacial score (nSPS) is 20.3. The maximum atomic E-state index is 13.3. The van der Waals surface area contributed by atoms with Gasteiger partial charge in [0, 0.05) is 6.42 Å². The van der Waals surface area contributed by atoms with Crippen LogP contribution in [0.25, 0.3) is 0 Å². The Bertz CT molecular complexity index is 1110. The van der Waals surface area contributed by atoms with E-state index < -0.39 is 30.3 Å². The monoisotopic (exact) mass is 457 g/mol. The van der Waals surface area contributed by atoms with Crippen molar-refractivity contribution in [2.45, 2.75) is 57.2 Å². The molecule has 0 spiro atoms. The summed E-state index contributed by atoms with van der Waals surface area (Å²) in [6.07, 6.45) is 0.472. The van der Waals surface area contributed by atoms with Crippen LogP contribution in [0.2, 0.25) is 0 Å². The van der Waals surface area contributed by atoms with Gasteiger partial charge in [0.25, 0.3) is 0 Å². The lowest BCUT2D eigenvalue weighted by Crippen LogP contribution is -2.54. The van der Waals surface area contributed by atoms with Crippen molar-refractivity contribution in [3.8, 4) is 0 Å². The van der Waals surface area contributed by atoms with Crippen molar-refractivity contribution < 1.29 is 19.4 Å². The van der Waals surface area contributed by atoms with Gasteiger partial charge in [-0.25, -0.2) is 9.59 Å². The van der Waals surface area contributed by atoms with Crippen LogP contribution in [0.4, 0.5) is 4.79 Å². The summed E-state index contributed by atoms with van der Waals surface area (Å²) in [4.78, 5) is 27.2. The highest BCUT2D eigenvalue weighted by Gasteiger charge is 2.47. The summed E-state index contributed by atoms with van der Waals surface area (Å²) in [6, 6.07) is 25.4. The van der Waals surface area contributed by atoms with Crippen molar-refractivity contribution in [2.24, 2.45) is 0 Å². The van der Waals surface area contributed by atoms with Gasteiger partial charge in [0.05, 0.1) is 0 Å². The predicted molar refractivity (Wildman–Crippen MR) is 132 cm³/mol. The van der Waals surface area contributed by atoms with Crippen molar-refractivity contribution in [1.82, 2.24) is 4.90 Å². The Labute approximate surface area is 201 Å². The third kappa shape index (κ3) is 4.84. The van der Waals surface area contributed by atoms with Crippen LogP contribution in [0.3, 0.4) is 0 Å². The molecule has 1 N–H and O–H groups in total. The molecular weight excluding hydrogens is 426 g/mol. The van der Waals surface area contributed by atoms with Crippen molar-refractivity contribution in [1.29, 1.82) is 0 Å². The summed E-state index contributed by atoms with van der Waals surface area (Å²) >= 11 is 0. The molecule has 1 heterocycles. The summed E-state index contributed by atoms with van der Waals surface area (Å²) in [5.41, 5.74) is 3.71. The molecule has 1 fully saturated rings. The van der Waals surface area contributed by atoms with Gasteiger partial charge in [-0.2, -0.15) is 0 Å². The van der Waals surface area contributed by atoms with E-state index in [0.29, 0.717) is 5.92 Å². The van der Waals surface area contributed by atoms with E-state index in [1.54, 1.807) is 0 Å². The zero-order valence-corrected chi connectivity index (χ0v) is 19.6. The van der Waals surface area contributed by atoms with E-state index in [9.17, 15) is 14.7 Å². The molecule has 1 amide bonds. The van der Waals surface area contributed by atoms with Gasteiger partial charge in [0.1, 0.15) is 12.1 Å². The molecule has 4 rings (SSSR count). The number of carboxylic acid groups (broad SMARTS) is 1. The first-order chi connectivity index (χ1) is 16.5. The van der Waals surface area contributed by atoms with Gasteiger partial charge < -0.3 is 9.84 Å². The van der Waals surface area contributed by atoms with Crippen LogP contribution in [-0.4, -0.2) is 28.1 Å². The Morgan fingerprint density at radius 2 is 1.53 bits per heavy atom. The van der Waals surface area contributed by atoms with Crippen LogP contribution >= 0.6 is 0 Å². The van der Waals surface area contributed by atoms with Gasteiger partial charge in [-0.1, -0.05) is 98.8 Å². The highest BCUT2D eigenvalue weighted by Crippen LogP contribution is 2.42. The molecule has 0 aliphatic carbocycles. The fourth-order valence-corrected chi connectivity index (χ4v) is 4.99. The number of amides is 1. The van der Waals surface area contributed by atoms with Crippen LogP contribution in [-0.2, 0) is 16.0 Å². The van der Waals surface area contributed by atoms with Crippen LogP contribution in [0.5, 0.6) is 0 Å². The predicted octanol–water partition coefficient (Wildman–Crippen LogP) is 6.52. The number of rotatable bonds is 7. The van der Waals surface area contributed by atoms with Gasteiger partial charge in [-0.15, -0.1) is 0 Å². The van der Waals surface area contributed by atoms with E-state index in [0.717, 1.165) is 29.5 Å². The zero-order chi connectivity index (χ0) is 24.1. The van der Waals surface area contributed by atoms with E-state index in [1.165, 1.54) is 10.5 Å². The molecular formula is C29H31NO4. The number of nitrogens with zero attached hydrogens (tertiary/aromatic N) is 1. The van der Waals surface area contributed by atoms with Gasteiger partial charge in [-0.05, 0) is 41.0 Å². The number of morpholine rings is 1. The van der Waals surface area contributed by atoms with Crippen molar-refractivity contribution in [3.63, 3.8) is 0 Å². The number of hydrogen-bond acceptors (Lipinski definition) is 3. The quantitative estimate of drug-likeness (QED) is 0.410. The van der Waals surface area contributed by atoms with E-state index in [2.05, 4.69) is 26.0 Å². The first-order valence-corrected chi connectivity index (χ1v) is 11.9. The molecule has 176 valence electrons. The molecule has 5 heteroatoms. The topological polar surface area (TPSA) is 66.8 Å². The first-order valence-electron chi connectivity index (χ1n) is 11.9. The molecule has 5 nitrogen and oxygen atoms in total. The summed E-state index contributed by atoms with van der Waals surface area (Å²) in [5.74, 6) is -0.0790. The minimum absolute atomic E-state index is 0.268. The molecule has 34 heavy (non-hydrogen) atoms. The second kappa shape index (κ2) is 10.6. The minimum Gasteiger partial charge on any atom is -0.465 e. The molecule has 0 saturated carbocycles. The Morgan fingerprint density at radius 3 is 2.12 bits per heavy atom. The lowest BCUT2D eigenvalue weighted by molar-refractivity contribution is -0.172. The van der Waals surface area contributed by atoms with Crippen LogP contribution in [0, 0.1) is 0 Å². The second-order valence-corrected chi connectivity index (χ2v) is 8.79. The molecule has 0 radical (unpaired) electrons. The molecule has 1 saturated heterocycles. The first kappa shape index (κ1) is 23.6. The van der Waals surface area contributed by atoms with Gasteiger partial charge in [0.15, 0.2) is 6.10 Å². The summed E-state index contributed by atoms with van der Waals surface area (Å²) < 4.78 is 5.98. The second-order valence-electron chi connectivity index (χ2n) is 8.79. The molecule has 3 aromatic carbocycles. The van der Waals surface area contributed by atoms with Crippen LogP contribution in [0.1, 0.15) is 67.0 Å². The van der Waals surface area contributed by atoms with Crippen molar-refractivity contribution >= 4 is 12.1 Å². The van der Waals surface area contributed by atoms with Crippen molar-refractivity contribution in [3.05, 3.63) is 107 Å². The SMILES string of the molecule is CCC(CC)c1cccc(C[C@H]2C(=O)O[C@H](c3ccccc3)[C@H](c3ccccc3)N2C(=O)O)c1. The summed E-state index contributed by atoms with van der Waals surface area (Å²) in [6.45, 7) is 4.33.